The minimum Gasteiger partial charge on any atom is -1.00 e. The van der Waals surface area contributed by atoms with Gasteiger partial charge in [-0.3, -0.25) is 14.5 Å². The molecule has 1 aliphatic heterocycles. The standard InChI is InChI=1S/C16H24N4O3.ClH/c1-12(21)17-14-5-4-13(10-15(14)22)18-16(23)11-20(3)8-6-19(2)7-9-20;/h4-5,10H,6-9,11H2,1-3H3,(H2-,17,18,21,22,23);1H. The summed E-state index contributed by atoms with van der Waals surface area (Å²) < 4.78 is 0.714. The first-order valence-electron chi connectivity index (χ1n) is 7.70. The number of likely N-dealkylation sites (N-methyl/N-ethyl adjacent to an activating group) is 2. The molecule has 0 aromatic heterocycles. The molecule has 1 aromatic carbocycles. The van der Waals surface area contributed by atoms with Crippen LogP contribution in [0.5, 0.6) is 5.75 Å². The fourth-order valence-electron chi connectivity index (χ4n) is 2.66. The molecule has 134 valence electrons. The van der Waals surface area contributed by atoms with Gasteiger partial charge in [-0.25, -0.2) is 0 Å². The van der Waals surface area contributed by atoms with Gasteiger partial charge in [0.2, 0.25) is 5.91 Å². The monoisotopic (exact) mass is 356 g/mol. The normalized spacial score (nSPS) is 16.8. The Balaban J connectivity index is 0.00000288. The summed E-state index contributed by atoms with van der Waals surface area (Å²) in [6.45, 7) is 5.62. The molecule has 1 aromatic rings. The number of phenols is 1. The molecule has 0 aliphatic carbocycles. The number of phenolic OH excluding ortho intramolecular Hbond substituents is 1. The number of amides is 2. The molecule has 0 radical (unpaired) electrons. The van der Waals surface area contributed by atoms with Crippen molar-refractivity contribution in [3.05, 3.63) is 18.2 Å². The van der Waals surface area contributed by atoms with E-state index in [0.29, 0.717) is 22.4 Å². The highest BCUT2D eigenvalue weighted by atomic mass is 35.5. The lowest BCUT2D eigenvalue weighted by molar-refractivity contribution is -0.905. The Morgan fingerprint density at radius 3 is 2.42 bits per heavy atom. The second-order valence-corrected chi connectivity index (χ2v) is 6.49. The predicted octanol–water partition coefficient (Wildman–Crippen LogP) is -2.31. The highest BCUT2D eigenvalue weighted by Gasteiger charge is 2.29. The molecule has 1 heterocycles. The van der Waals surface area contributed by atoms with Crippen LogP contribution in [0.4, 0.5) is 11.4 Å². The van der Waals surface area contributed by atoms with Gasteiger partial charge in [-0.15, -0.1) is 0 Å². The number of benzene rings is 1. The van der Waals surface area contributed by atoms with Gasteiger partial charge in [0.1, 0.15) is 5.75 Å². The topological polar surface area (TPSA) is 81.7 Å². The number of aromatic hydroxyl groups is 1. The number of piperazine rings is 1. The van der Waals surface area contributed by atoms with Crippen LogP contribution in [0.1, 0.15) is 6.92 Å². The number of rotatable bonds is 4. The van der Waals surface area contributed by atoms with Crippen molar-refractivity contribution < 1.29 is 31.6 Å². The SMILES string of the molecule is CC(=O)Nc1ccc(NC(=O)C[N+]2(C)CCN(C)CC2)cc1O.[Cl-]. The molecule has 0 atom stereocenters. The van der Waals surface area contributed by atoms with E-state index in [4.69, 9.17) is 0 Å². The number of anilines is 2. The van der Waals surface area contributed by atoms with Crippen LogP contribution in [0, 0.1) is 0 Å². The maximum Gasteiger partial charge on any atom is 0.279 e. The molecule has 7 nitrogen and oxygen atoms in total. The van der Waals surface area contributed by atoms with Gasteiger partial charge in [0.15, 0.2) is 6.54 Å². The first kappa shape index (κ1) is 20.2. The number of quaternary nitrogens is 1. The molecule has 1 aliphatic rings. The van der Waals surface area contributed by atoms with Gasteiger partial charge in [0.25, 0.3) is 5.91 Å². The molecule has 1 fully saturated rings. The molecule has 8 heteroatoms. The smallest absolute Gasteiger partial charge is 0.279 e. The molecule has 3 N–H and O–H groups in total. The number of nitrogens with zero attached hydrogens (tertiary/aromatic N) is 2. The van der Waals surface area contributed by atoms with E-state index in [1.54, 1.807) is 12.1 Å². The number of carbonyl (C=O) groups excluding carboxylic acids is 2. The van der Waals surface area contributed by atoms with Crippen molar-refractivity contribution in [3.8, 4) is 5.75 Å². The second kappa shape index (κ2) is 8.32. The molecule has 0 unspecified atom stereocenters. The quantitative estimate of drug-likeness (QED) is 0.418. The zero-order chi connectivity index (χ0) is 17.0. The molecule has 0 saturated carbocycles. The van der Waals surface area contributed by atoms with Crippen LogP contribution in [0.3, 0.4) is 0 Å². The lowest BCUT2D eigenvalue weighted by Gasteiger charge is -2.40. The average Bonchev–Trinajstić information content (AvgIpc) is 2.45. The third kappa shape index (κ3) is 5.67. The van der Waals surface area contributed by atoms with Crippen molar-refractivity contribution in [2.45, 2.75) is 6.92 Å². The fourth-order valence-corrected chi connectivity index (χ4v) is 2.66. The van der Waals surface area contributed by atoms with E-state index in [0.717, 1.165) is 26.2 Å². The number of nitrogens with one attached hydrogen (secondary N) is 2. The van der Waals surface area contributed by atoms with Crippen LogP contribution < -0.4 is 23.0 Å². The van der Waals surface area contributed by atoms with Gasteiger partial charge < -0.3 is 32.6 Å². The summed E-state index contributed by atoms with van der Waals surface area (Å²) in [7, 11) is 4.17. The summed E-state index contributed by atoms with van der Waals surface area (Å²) in [6.07, 6.45) is 0. The third-order valence-electron chi connectivity index (χ3n) is 4.16. The van der Waals surface area contributed by atoms with Gasteiger partial charge in [-0.05, 0) is 19.2 Å². The molecule has 2 rings (SSSR count). The Morgan fingerprint density at radius 1 is 1.25 bits per heavy atom. The zero-order valence-electron chi connectivity index (χ0n) is 14.3. The molecular formula is C16H25ClN4O3. The summed E-state index contributed by atoms with van der Waals surface area (Å²) in [5, 5.41) is 15.2. The largest absolute Gasteiger partial charge is 1.00 e. The predicted molar refractivity (Wildman–Crippen MR) is 89.3 cm³/mol. The highest BCUT2D eigenvalue weighted by Crippen LogP contribution is 2.26. The molecular weight excluding hydrogens is 332 g/mol. The molecule has 0 spiro atoms. The van der Waals surface area contributed by atoms with Crippen LogP contribution in [-0.4, -0.2) is 73.1 Å². The maximum atomic E-state index is 12.2. The van der Waals surface area contributed by atoms with E-state index in [1.165, 1.54) is 13.0 Å². The van der Waals surface area contributed by atoms with Gasteiger partial charge in [-0.2, -0.15) is 0 Å². The van der Waals surface area contributed by atoms with Crippen molar-refractivity contribution >= 4 is 23.2 Å². The number of hydrogen-bond donors (Lipinski definition) is 3. The van der Waals surface area contributed by atoms with E-state index in [2.05, 4.69) is 29.6 Å². The zero-order valence-corrected chi connectivity index (χ0v) is 15.1. The first-order chi connectivity index (χ1) is 10.8. The van der Waals surface area contributed by atoms with Crippen molar-refractivity contribution in [2.75, 3.05) is 57.5 Å². The van der Waals surface area contributed by atoms with Crippen LogP contribution in [0.25, 0.3) is 0 Å². The van der Waals surface area contributed by atoms with Gasteiger partial charge in [0, 0.05) is 31.8 Å². The van der Waals surface area contributed by atoms with E-state index in [9.17, 15) is 14.7 Å². The van der Waals surface area contributed by atoms with Crippen LogP contribution in [0.2, 0.25) is 0 Å². The van der Waals surface area contributed by atoms with Crippen LogP contribution >= 0.6 is 0 Å². The Bertz CT molecular complexity index is 601. The lowest BCUT2D eigenvalue weighted by atomic mass is 10.2. The molecule has 24 heavy (non-hydrogen) atoms. The Labute approximate surface area is 148 Å². The van der Waals surface area contributed by atoms with Crippen molar-refractivity contribution in [2.24, 2.45) is 0 Å². The van der Waals surface area contributed by atoms with E-state index < -0.39 is 0 Å². The third-order valence-corrected chi connectivity index (χ3v) is 4.16. The summed E-state index contributed by atoms with van der Waals surface area (Å²) in [6, 6.07) is 4.67. The minimum absolute atomic E-state index is 0. The number of halogens is 1. The van der Waals surface area contributed by atoms with Crippen LogP contribution in [0.15, 0.2) is 18.2 Å². The summed E-state index contributed by atoms with van der Waals surface area (Å²) in [5.41, 5.74) is 0.843. The fraction of sp³-hybridized carbons (Fsp3) is 0.500. The lowest BCUT2D eigenvalue weighted by Crippen LogP contribution is -3.00. The Morgan fingerprint density at radius 2 is 1.88 bits per heavy atom. The summed E-state index contributed by atoms with van der Waals surface area (Å²) >= 11 is 0. The first-order valence-corrected chi connectivity index (χ1v) is 7.70. The van der Waals surface area contributed by atoms with Crippen molar-refractivity contribution in [1.82, 2.24) is 4.90 Å². The van der Waals surface area contributed by atoms with Gasteiger partial charge in [-0.1, -0.05) is 0 Å². The highest BCUT2D eigenvalue weighted by molar-refractivity contribution is 5.94. The second-order valence-electron chi connectivity index (χ2n) is 6.49. The summed E-state index contributed by atoms with van der Waals surface area (Å²) in [5.74, 6) is -0.411. The molecule has 0 bridgehead atoms. The Hall–Kier alpha value is -1.83. The summed E-state index contributed by atoms with van der Waals surface area (Å²) in [4.78, 5) is 25.5. The van der Waals surface area contributed by atoms with Gasteiger partial charge >= 0.3 is 0 Å². The molecule has 2 amide bonds. The molecule has 1 saturated heterocycles. The number of carbonyl (C=O) groups is 2. The minimum atomic E-state index is -0.260. The number of hydrogen-bond acceptors (Lipinski definition) is 4. The van der Waals surface area contributed by atoms with Crippen molar-refractivity contribution in [3.63, 3.8) is 0 Å². The van der Waals surface area contributed by atoms with Crippen molar-refractivity contribution in [1.29, 1.82) is 0 Å². The van der Waals surface area contributed by atoms with E-state index in [1.807, 2.05) is 0 Å². The maximum absolute atomic E-state index is 12.2. The van der Waals surface area contributed by atoms with Crippen LogP contribution in [-0.2, 0) is 9.59 Å². The average molecular weight is 357 g/mol. The van der Waals surface area contributed by atoms with E-state index in [-0.39, 0.29) is 30.0 Å². The van der Waals surface area contributed by atoms with E-state index >= 15 is 0 Å². The Kier molecular flexibility index (Phi) is 7.01. The van der Waals surface area contributed by atoms with Gasteiger partial charge in [0.05, 0.1) is 25.8 Å².